The minimum Gasteiger partial charge on any atom is -0.496 e. The van der Waals surface area contributed by atoms with E-state index in [1.54, 1.807) is 7.11 Å². The average Bonchev–Trinajstić information content (AvgIpc) is 2.70. The molecule has 0 aliphatic carbocycles. The van der Waals surface area contributed by atoms with Crippen molar-refractivity contribution in [3.05, 3.63) is 29.3 Å². The van der Waals surface area contributed by atoms with E-state index in [4.69, 9.17) is 4.74 Å². The Balaban J connectivity index is 2.31. The molecule has 0 radical (unpaired) electrons. The monoisotopic (exact) mass is 191 g/mol. The molecule has 76 valence electrons. The van der Waals surface area contributed by atoms with E-state index in [9.17, 15) is 0 Å². The number of rotatable bonds is 2. The fraction of sp³-hybridized carbons (Fsp3) is 0.500. The van der Waals surface area contributed by atoms with Gasteiger partial charge in [-0.3, -0.25) is 0 Å². The number of ether oxygens (including phenoxy) is 1. The molecule has 14 heavy (non-hydrogen) atoms. The van der Waals surface area contributed by atoms with Crippen molar-refractivity contribution in [1.29, 1.82) is 0 Å². The van der Waals surface area contributed by atoms with Crippen molar-refractivity contribution in [2.45, 2.75) is 19.3 Å². The molecule has 1 aliphatic rings. The summed E-state index contributed by atoms with van der Waals surface area (Å²) in [5.74, 6) is 1.67. The van der Waals surface area contributed by atoms with E-state index < -0.39 is 0 Å². The van der Waals surface area contributed by atoms with Crippen molar-refractivity contribution in [2.75, 3.05) is 20.2 Å². The highest BCUT2D eigenvalue weighted by atomic mass is 16.5. The molecular formula is C12H17NO. The molecule has 1 aromatic carbocycles. The zero-order valence-corrected chi connectivity index (χ0v) is 8.84. The van der Waals surface area contributed by atoms with Crippen LogP contribution in [0.2, 0.25) is 0 Å². The first-order valence-electron chi connectivity index (χ1n) is 5.16. The molecule has 0 unspecified atom stereocenters. The van der Waals surface area contributed by atoms with E-state index >= 15 is 0 Å². The Labute approximate surface area is 85.3 Å². The highest BCUT2D eigenvalue weighted by molar-refractivity contribution is 5.40. The third kappa shape index (κ3) is 1.75. The Morgan fingerprint density at radius 3 is 2.93 bits per heavy atom. The summed E-state index contributed by atoms with van der Waals surface area (Å²) in [6.45, 7) is 4.31. The molecule has 0 bridgehead atoms. The normalized spacial score (nSPS) is 21.1. The molecule has 1 aliphatic heterocycles. The molecule has 1 fully saturated rings. The highest BCUT2D eigenvalue weighted by Gasteiger charge is 2.19. The van der Waals surface area contributed by atoms with Gasteiger partial charge in [-0.25, -0.2) is 0 Å². The third-order valence-corrected chi connectivity index (χ3v) is 2.89. The second kappa shape index (κ2) is 4.01. The van der Waals surface area contributed by atoms with Gasteiger partial charge in [0.05, 0.1) is 7.11 Å². The van der Waals surface area contributed by atoms with E-state index in [1.807, 2.05) is 0 Å². The molecule has 0 saturated carbocycles. The fourth-order valence-electron chi connectivity index (χ4n) is 2.08. The predicted octanol–water partition coefficient (Wildman–Crippen LogP) is 2.08. The molecule has 1 aromatic rings. The zero-order valence-electron chi connectivity index (χ0n) is 8.84. The van der Waals surface area contributed by atoms with Crippen LogP contribution in [0.15, 0.2) is 18.2 Å². The van der Waals surface area contributed by atoms with E-state index in [0.717, 1.165) is 18.8 Å². The van der Waals surface area contributed by atoms with Crippen LogP contribution in [0.1, 0.15) is 23.5 Å². The molecule has 1 N–H and O–H groups in total. The van der Waals surface area contributed by atoms with Crippen LogP contribution in [-0.4, -0.2) is 20.2 Å². The number of aryl methyl sites for hydroxylation is 1. The van der Waals surface area contributed by atoms with Crippen LogP contribution in [0.5, 0.6) is 5.75 Å². The number of hydrogen-bond acceptors (Lipinski definition) is 2. The van der Waals surface area contributed by atoms with E-state index in [1.165, 1.54) is 17.5 Å². The molecule has 2 heteroatoms. The van der Waals surface area contributed by atoms with Crippen molar-refractivity contribution in [2.24, 2.45) is 0 Å². The summed E-state index contributed by atoms with van der Waals surface area (Å²) >= 11 is 0. The summed E-state index contributed by atoms with van der Waals surface area (Å²) in [4.78, 5) is 0. The van der Waals surface area contributed by atoms with Gasteiger partial charge in [-0.2, -0.15) is 0 Å². The van der Waals surface area contributed by atoms with Crippen LogP contribution in [0.3, 0.4) is 0 Å². The number of methoxy groups -OCH3 is 1. The Morgan fingerprint density at radius 1 is 1.43 bits per heavy atom. The van der Waals surface area contributed by atoms with Crippen LogP contribution >= 0.6 is 0 Å². The maximum Gasteiger partial charge on any atom is 0.122 e. The second-order valence-corrected chi connectivity index (χ2v) is 3.94. The van der Waals surface area contributed by atoms with Crippen molar-refractivity contribution in [3.8, 4) is 5.75 Å². The highest BCUT2D eigenvalue weighted by Crippen LogP contribution is 2.31. The van der Waals surface area contributed by atoms with Crippen LogP contribution in [0, 0.1) is 6.92 Å². The number of benzene rings is 1. The molecule has 2 nitrogen and oxygen atoms in total. The molecule has 0 amide bonds. The van der Waals surface area contributed by atoms with Gasteiger partial charge in [-0.15, -0.1) is 0 Å². The summed E-state index contributed by atoms with van der Waals surface area (Å²) in [5, 5.41) is 3.38. The number of hydrogen-bond donors (Lipinski definition) is 1. The average molecular weight is 191 g/mol. The van der Waals surface area contributed by atoms with Crippen molar-refractivity contribution < 1.29 is 4.74 Å². The summed E-state index contributed by atoms with van der Waals surface area (Å²) < 4.78 is 5.41. The second-order valence-electron chi connectivity index (χ2n) is 3.94. The van der Waals surface area contributed by atoms with Crippen molar-refractivity contribution in [1.82, 2.24) is 5.32 Å². The maximum atomic E-state index is 5.41. The summed E-state index contributed by atoms with van der Waals surface area (Å²) in [7, 11) is 1.75. The van der Waals surface area contributed by atoms with Crippen LogP contribution in [-0.2, 0) is 0 Å². The molecule has 2 rings (SSSR count). The third-order valence-electron chi connectivity index (χ3n) is 2.89. The van der Waals surface area contributed by atoms with Gasteiger partial charge in [0.25, 0.3) is 0 Å². The number of nitrogens with one attached hydrogen (secondary N) is 1. The van der Waals surface area contributed by atoms with E-state index in [-0.39, 0.29) is 0 Å². The minimum atomic E-state index is 0.630. The summed E-state index contributed by atoms with van der Waals surface area (Å²) in [6.07, 6.45) is 1.22. The lowest BCUT2D eigenvalue weighted by atomic mass is 9.96. The lowest BCUT2D eigenvalue weighted by Crippen LogP contribution is -2.08. The molecule has 1 atom stereocenters. The standard InChI is InChI=1S/C12H17NO/c1-9-3-4-11(12(7-9)14-2)10-5-6-13-8-10/h3-4,7,10,13H,5-6,8H2,1-2H3/t10-/m1/s1. The predicted molar refractivity (Wildman–Crippen MR) is 58.0 cm³/mol. The van der Waals surface area contributed by atoms with Crippen LogP contribution in [0.4, 0.5) is 0 Å². The van der Waals surface area contributed by atoms with Gasteiger partial charge >= 0.3 is 0 Å². The fourth-order valence-corrected chi connectivity index (χ4v) is 2.08. The first-order valence-corrected chi connectivity index (χ1v) is 5.16. The van der Waals surface area contributed by atoms with Crippen LogP contribution in [0.25, 0.3) is 0 Å². The van der Waals surface area contributed by atoms with Crippen LogP contribution < -0.4 is 10.1 Å². The van der Waals surface area contributed by atoms with Crippen molar-refractivity contribution >= 4 is 0 Å². The van der Waals surface area contributed by atoms with Gasteiger partial charge in [0.1, 0.15) is 5.75 Å². The lowest BCUT2D eigenvalue weighted by molar-refractivity contribution is 0.406. The smallest absolute Gasteiger partial charge is 0.122 e. The topological polar surface area (TPSA) is 21.3 Å². The van der Waals surface area contributed by atoms with Gasteiger partial charge in [-0.05, 0) is 37.1 Å². The maximum absolute atomic E-state index is 5.41. The molecule has 1 heterocycles. The van der Waals surface area contributed by atoms with Crippen molar-refractivity contribution in [3.63, 3.8) is 0 Å². The summed E-state index contributed by atoms with van der Waals surface area (Å²) in [6, 6.07) is 6.48. The largest absolute Gasteiger partial charge is 0.496 e. The van der Waals surface area contributed by atoms with Gasteiger partial charge in [0, 0.05) is 12.5 Å². The molecule has 0 spiro atoms. The SMILES string of the molecule is COc1cc(C)ccc1[C@@H]1CCNC1. The molecular weight excluding hydrogens is 174 g/mol. The Morgan fingerprint density at radius 2 is 2.29 bits per heavy atom. The first-order chi connectivity index (χ1) is 6.81. The molecule has 0 aromatic heterocycles. The Kier molecular flexibility index (Phi) is 2.73. The molecule has 1 saturated heterocycles. The lowest BCUT2D eigenvalue weighted by Gasteiger charge is -2.14. The first kappa shape index (κ1) is 9.53. The van der Waals surface area contributed by atoms with Gasteiger partial charge < -0.3 is 10.1 Å². The Bertz CT molecular complexity index is 316. The van der Waals surface area contributed by atoms with Gasteiger partial charge in [0.2, 0.25) is 0 Å². The Hall–Kier alpha value is -1.02. The van der Waals surface area contributed by atoms with Gasteiger partial charge in [0.15, 0.2) is 0 Å². The quantitative estimate of drug-likeness (QED) is 0.772. The summed E-state index contributed by atoms with van der Waals surface area (Å²) in [5.41, 5.74) is 2.61. The van der Waals surface area contributed by atoms with E-state index in [0.29, 0.717) is 5.92 Å². The minimum absolute atomic E-state index is 0.630. The van der Waals surface area contributed by atoms with E-state index in [2.05, 4.69) is 30.4 Å². The van der Waals surface area contributed by atoms with Gasteiger partial charge in [-0.1, -0.05) is 12.1 Å². The zero-order chi connectivity index (χ0) is 9.97.